The Hall–Kier alpha value is -1.10. The number of aliphatic hydroxyl groups excluding tert-OH is 1. The number of benzene rings is 1. The summed E-state index contributed by atoms with van der Waals surface area (Å²) in [6.07, 6.45) is 3.31. The van der Waals surface area contributed by atoms with Crippen LogP contribution in [0.2, 0.25) is 5.02 Å². The zero-order chi connectivity index (χ0) is 14.8. The van der Waals surface area contributed by atoms with Gasteiger partial charge in [-0.25, -0.2) is 0 Å². The van der Waals surface area contributed by atoms with Crippen LogP contribution in [-0.2, 0) is 4.79 Å². The molecular weight excluding hydrogens is 276 g/mol. The highest BCUT2D eigenvalue weighted by Gasteiger charge is 2.11. The molecule has 0 saturated heterocycles. The SMILES string of the molecule is CCCCCN(CCO)CC(=O)Nc1ccccc1Cl. The second-order valence-corrected chi connectivity index (χ2v) is 5.14. The third-order valence-electron chi connectivity index (χ3n) is 3.01. The highest BCUT2D eigenvalue weighted by Crippen LogP contribution is 2.20. The third-order valence-corrected chi connectivity index (χ3v) is 3.34. The van der Waals surface area contributed by atoms with E-state index in [4.69, 9.17) is 16.7 Å². The maximum absolute atomic E-state index is 12.0. The van der Waals surface area contributed by atoms with Crippen LogP contribution in [0.5, 0.6) is 0 Å². The van der Waals surface area contributed by atoms with Gasteiger partial charge in [-0.1, -0.05) is 43.5 Å². The Morgan fingerprint density at radius 1 is 1.30 bits per heavy atom. The number of carbonyl (C=O) groups excluding carboxylic acids is 1. The molecule has 1 aromatic carbocycles. The molecule has 0 bridgehead atoms. The predicted molar refractivity (Wildman–Crippen MR) is 83.1 cm³/mol. The summed E-state index contributed by atoms with van der Waals surface area (Å²) in [4.78, 5) is 13.9. The zero-order valence-electron chi connectivity index (χ0n) is 11.9. The number of para-hydroxylation sites is 1. The van der Waals surface area contributed by atoms with Crippen LogP contribution in [0.1, 0.15) is 26.2 Å². The number of hydrogen-bond acceptors (Lipinski definition) is 3. The van der Waals surface area contributed by atoms with Crippen LogP contribution >= 0.6 is 11.6 Å². The van der Waals surface area contributed by atoms with Crippen LogP contribution in [-0.4, -0.2) is 42.2 Å². The van der Waals surface area contributed by atoms with E-state index in [1.54, 1.807) is 12.1 Å². The molecule has 1 amide bonds. The molecule has 0 aromatic heterocycles. The fraction of sp³-hybridized carbons (Fsp3) is 0.533. The lowest BCUT2D eigenvalue weighted by Crippen LogP contribution is -2.36. The van der Waals surface area contributed by atoms with E-state index in [0.29, 0.717) is 17.3 Å². The van der Waals surface area contributed by atoms with Gasteiger partial charge in [0, 0.05) is 6.54 Å². The number of anilines is 1. The van der Waals surface area contributed by atoms with E-state index in [-0.39, 0.29) is 19.1 Å². The molecule has 0 atom stereocenters. The van der Waals surface area contributed by atoms with Crippen molar-refractivity contribution in [2.75, 3.05) is 31.6 Å². The van der Waals surface area contributed by atoms with Crippen LogP contribution in [0.3, 0.4) is 0 Å². The van der Waals surface area contributed by atoms with Crippen molar-refractivity contribution in [2.24, 2.45) is 0 Å². The van der Waals surface area contributed by atoms with E-state index in [9.17, 15) is 4.79 Å². The minimum absolute atomic E-state index is 0.0610. The molecule has 20 heavy (non-hydrogen) atoms. The first-order valence-corrected chi connectivity index (χ1v) is 7.42. The van der Waals surface area contributed by atoms with Crippen molar-refractivity contribution < 1.29 is 9.90 Å². The zero-order valence-corrected chi connectivity index (χ0v) is 12.7. The Morgan fingerprint density at radius 3 is 2.70 bits per heavy atom. The topological polar surface area (TPSA) is 52.6 Å². The molecule has 0 spiro atoms. The maximum atomic E-state index is 12.0. The summed E-state index contributed by atoms with van der Waals surface area (Å²) in [7, 11) is 0. The average molecular weight is 299 g/mol. The number of rotatable bonds is 9. The Morgan fingerprint density at radius 2 is 2.05 bits per heavy atom. The summed E-state index contributed by atoms with van der Waals surface area (Å²) in [5, 5.41) is 12.4. The first-order chi connectivity index (χ1) is 9.67. The van der Waals surface area contributed by atoms with Gasteiger partial charge in [0.15, 0.2) is 0 Å². The van der Waals surface area contributed by atoms with Gasteiger partial charge >= 0.3 is 0 Å². The van der Waals surface area contributed by atoms with E-state index in [1.165, 1.54) is 0 Å². The molecule has 0 radical (unpaired) electrons. The number of unbranched alkanes of at least 4 members (excludes halogenated alkanes) is 2. The minimum Gasteiger partial charge on any atom is -0.395 e. The second-order valence-electron chi connectivity index (χ2n) is 4.73. The van der Waals surface area contributed by atoms with Crippen molar-refractivity contribution in [3.05, 3.63) is 29.3 Å². The summed E-state index contributed by atoms with van der Waals surface area (Å²) < 4.78 is 0. The van der Waals surface area contributed by atoms with E-state index in [1.807, 2.05) is 17.0 Å². The van der Waals surface area contributed by atoms with Crippen LogP contribution < -0.4 is 5.32 Å². The lowest BCUT2D eigenvalue weighted by Gasteiger charge is -2.20. The number of halogens is 1. The van der Waals surface area contributed by atoms with Gasteiger partial charge in [0.1, 0.15) is 0 Å². The maximum Gasteiger partial charge on any atom is 0.238 e. The van der Waals surface area contributed by atoms with Gasteiger partial charge in [0.25, 0.3) is 0 Å². The second kappa shape index (κ2) is 9.75. The largest absolute Gasteiger partial charge is 0.395 e. The van der Waals surface area contributed by atoms with Crippen LogP contribution in [0, 0.1) is 0 Å². The van der Waals surface area contributed by atoms with Gasteiger partial charge in [0.05, 0.1) is 23.9 Å². The summed E-state index contributed by atoms with van der Waals surface area (Å²) in [6, 6.07) is 7.16. The number of aliphatic hydroxyl groups is 1. The van der Waals surface area contributed by atoms with Gasteiger partial charge < -0.3 is 10.4 Å². The van der Waals surface area contributed by atoms with Crippen molar-refractivity contribution in [1.82, 2.24) is 4.90 Å². The van der Waals surface area contributed by atoms with Crippen molar-refractivity contribution in [1.29, 1.82) is 0 Å². The smallest absolute Gasteiger partial charge is 0.238 e. The average Bonchev–Trinajstić information content (AvgIpc) is 2.42. The third kappa shape index (κ3) is 6.37. The van der Waals surface area contributed by atoms with Crippen LogP contribution in [0.25, 0.3) is 0 Å². The Labute approximate surface area is 125 Å². The summed E-state index contributed by atoms with van der Waals surface area (Å²) >= 11 is 6.00. The van der Waals surface area contributed by atoms with Gasteiger partial charge in [-0.3, -0.25) is 9.69 Å². The van der Waals surface area contributed by atoms with Crippen LogP contribution in [0.4, 0.5) is 5.69 Å². The molecule has 4 nitrogen and oxygen atoms in total. The van der Waals surface area contributed by atoms with Gasteiger partial charge in [-0.15, -0.1) is 0 Å². The van der Waals surface area contributed by atoms with Gasteiger partial charge in [-0.2, -0.15) is 0 Å². The van der Waals surface area contributed by atoms with Gasteiger partial charge in [-0.05, 0) is 25.1 Å². The van der Waals surface area contributed by atoms with E-state index < -0.39 is 0 Å². The molecule has 0 aliphatic heterocycles. The summed E-state index contributed by atoms with van der Waals surface area (Å²) in [5.41, 5.74) is 0.622. The standard InChI is InChI=1S/C15H23ClN2O2/c1-2-3-6-9-18(10-11-19)12-15(20)17-14-8-5-4-7-13(14)16/h4-5,7-8,19H,2-3,6,9-12H2,1H3,(H,17,20). The van der Waals surface area contributed by atoms with E-state index in [0.717, 1.165) is 25.8 Å². The molecule has 1 aromatic rings. The highest BCUT2D eigenvalue weighted by atomic mass is 35.5. The molecule has 0 unspecified atom stereocenters. The molecule has 0 heterocycles. The lowest BCUT2D eigenvalue weighted by atomic mass is 10.2. The molecule has 5 heteroatoms. The van der Waals surface area contributed by atoms with Crippen molar-refractivity contribution >= 4 is 23.2 Å². The van der Waals surface area contributed by atoms with Crippen molar-refractivity contribution in [2.45, 2.75) is 26.2 Å². The molecular formula is C15H23ClN2O2. The monoisotopic (exact) mass is 298 g/mol. The molecule has 0 aliphatic rings. The highest BCUT2D eigenvalue weighted by molar-refractivity contribution is 6.33. The summed E-state index contributed by atoms with van der Waals surface area (Å²) in [5.74, 6) is -0.108. The Kier molecular flexibility index (Phi) is 8.26. The molecule has 2 N–H and O–H groups in total. The van der Waals surface area contributed by atoms with Crippen molar-refractivity contribution in [3.8, 4) is 0 Å². The number of nitrogens with one attached hydrogen (secondary N) is 1. The quantitative estimate of drug-likeness (QED) is 0.689. The van der Waals surface area contributed by atoms with Gasteiger partial charge in [0.2, 0.25) is 5.91 Å². The lowest BCUT2D eigenvalue weighted by molar-refractivity contribution is -0.117. The fourth-order valence-corrected chi connectivity index (χ4v) is 2.14. The summed E-state index contributed by atoms with van der Waals surface area (Å²) in [6.45, 7) is 3.81. The van der Waals surface area contributed by atoms with Crippen molar-refractivity contribution in [3.63, 3.8) is 0 Å². The van der Waals surface area contributed by atoms with Crippen LogP contribution in [0.15, 0.2) is 24.3 Å². The first-order valence-electron chi connectivity index (χ1n) is 7.05. The first kappa shape index (κ1) is 17.0. The molecule has 0 aliphatic carbocycles. The minimum atomic E-state index is -0.108. The molecule has 1 rings (SSSR count). The molecule has 0 saturated carbocycles. The Bertz CT molecular complexity index is 413. The molecule has 112 valence electrons. The Balaban J connectivity index is 2.46. The molecule has 0 fully saturated rings. The number of amides is 1. The van der Waals surface area contributed by atoms with E-state index >= 15 is 0 Å². The number of carbonyl (C=O) groups is 1. The normalized spacial score (nSPS) is 10.8. The van der Waals surface area contributed by atoms with E-state index in [2.05, 4.69) is 12.2 Å². The predicted octanol–water partition coefficient (Wildman–Crippen LogP) is 2.76. The number of hydrogen-bond donors (Lipinski definition) is 2. The fourth-order valence-electron chi connectivity index (χ4n) is 1.95. The number of nitrogens with zero attached hydrogens (tertiary/aromatic N) is 1.